The highest BCUT2D eigenvalue weighted by Crippen LogP contribution is 2.48. The summed E-state index contributed by atoms with van der Waals surface area (Å²) in [5.41, 5.74) is -2.99. The van der Waals surface area contributed by atoms with E-state index < -0.39 is 105 Å². The fraction of sp³-hybridized carbons (Fsp3) is 0.583. The maximum absolute atomic E-state index is 15.2. The fourth-order valence-electron chi connectivity index (χ4n) is 9.12. The van der Waals surface area contributed by atoms with Gasteiger partial charge in [0.2, 0.25) is 27.4 Å². The summed E-state index contributed by atoms with van der Waals surface area (Å²) in [7, 11) is -4.13. The highest BCUT2D eigenvalue weighted by atomic mass is 32.2. The van der Waals surface area contributed by atoms with E-state index in [1.54, 1.807) is 49.7 Å². The van der Waals surface area contributed by atoms with E-state index in [9.17, 15) is 36.0 Å². The lowest BCUT2D eigenvalue weighted by atomic mass is 9.96. The third-order valence-electron chi connectivity index (χ3n) is 13.6. The Balaban J connectivity index is 1.15. The molecule has 0 radical (unpaired) electrons. The number of hydrogen-bond donors (Lipinski definition) is 3. The number of hydrogen-bond acceptors (Lipinski definition) is 14. The van der Waals surface area contributed by atoms with E-state index in [0.29, 0.717) is 53.6 Å². The van der Waals surface area contributed by atoms with Gasteiger partial charge in [-0.05, 0) is 96.9 Å². The molecule has 17 nitrogen and oxygen atoms in total. The van der Waals surface area contributed by atoms with Gasteiger partial charge < -0.3 is 39.2 Å². The number of benzene rings is 1. The summed E-state index contributed by atoms with van der Waals surface area (Å²) in [6, 6.07) is 7.59. The highest BCUT2D eigenvalue weighted by Gasteiger charge is 2.64. The molecule has 8 rings (SSSR count). The molecule has 380 valence electrons. The van der Waals surface area contributed by atoms with E-state index in [2.05, 4.69) is 20.3 Å². The minimum Gasteiger partial charge on any atom is -0.491 e. The summed E-state index contributed by atoms with van der Waals surface area (Å²) in [6.07, 6.45) is -3.17. The van der Waals surface area contributed by atoms with E-state index >= 15 is 4.79 Å². The van der Waals surface area contributed by atoms with Gasteiger partial charge in [-0.15, -0.1) is 11.3 Å². The van der Waals surface area contributed by atoms with Crippen molar-refractivity contribution >= 4 is 45.2 Å². The monoisotopic (exact) mass is 1020 g/mol. The number of alkyl carbamates (subject to hydrolysis) is 1. The Bertz CT molecular complexity index is 2550. The molecule has 8 atom stereocenters. The SMILES string of the molecule is CC[C@@H]1O[C@H](C)CC/C=C\C2C[C@@]2(C(=O)NS(=O)(=O)C2(C)CC2)NC(=O)[C@@H]2C[C@@H](Oc3cc(-c4ccc(OC(C)C)cc4)nc(-c4nccs4)c3)CN2C(=O)[C@H]1NC(=O)OC1(C(F)(F)F)CCCOC1. The average Bonchev–Trinajstić information content (AvgIpc) is 4.06. The van der Waals surface area contributed by atoms with E-state index in [4.69, 9.17) is 28.7 Å². The quantitative estimate of drug-likeness (QED) is 0.163. The van der Waals surface area contributed by atoms with Gasteiger partial charge in [0.05, 0.1) is 41.9 Å². The minimum absolute atomic E-state index is 0.0385. The third kappa shape index (κ3) is 10.9. The zero-order valence-electron chi connectivity index (χ0n) is 39.6. The van der Waals surface area contributed by atoms with Crippen molar-refractivity contribution in [2.45, 2.75) is 151 Å². The Kier molecular flexibility index (Phi) is 14.6. The topological polar surface area (TPSA) is 214 Å². The van der Waals surface area contributed by atoms with Crippen LogP contribution in [0.15, 0.2) is 60.1 Å². The number of ether oxygens (including phenoxy) is 5. The van der Waals surface area contributed by atoms with Crippen molar-refractivity contribution in [1.29, 1.82) is 0 Å². The van der Waals surface area contributed by atoms with Crippen LogP contribution in [-0.4, -0.2) is 125 Å². The minimum atomic E-state index is -5.02. The van der Waals surface area contributed by atoms with Crippen LogP contribution in [0.2, 0.25) is 0 Å². The second-order valence-corrected chi connectivity index (χ2v) is 22.4. The number of fused-ring (bicyclic) bond motifs is 2. The van der Waals surface area contributed by atoms with Gasteiger partial charge in [-0.2, -0.15) is 13.2 Å². The first-order valence-electron chi connectivity index (χ1n) is 23.7. The molecule has 70 heavy (non-hydrogen) atoms. The summed E-state index contributed by atoms with van der Waals surface area (Å²) in [6.45, 7) is 7.62. The number of thiazole rings is 1. The van der Waals surface area contributed by atoms with Gasteiger partial charge in [-0.1, -0.05) is 19.1 Å². The van der Waals surface area contributed by atoms with Crippen molar-refractivity contribution in [2.24, 2.45) is 5.92 Å². The summed E-state index contributed by atoms with van der Waals surface area (Å²) >= 11 is 1.35. The molecule has 2 aliphatic carbocycles. The number of sulfonamides is 1. The number of pyridine rings is 1. The van der Waals surface area contributed by atoms with Crippen molar-refractivity contribution in [2.75, 3.05) is 19.8 Å². The van der Waals surface area contributed by atoms with Crippen LogP contribution in [0.25, 0.3) is 22.0 Å². The first kappa shape index (κ1) is 51.0. The molecular weight excluding hydrogens is 958 g/mol. The molecular formula is C48H59F3N6O11S2. The largest absolute Gasteiger partial charge is 0.491 e. The van der Waals surface area contributed by atoms with Crippen molar-refractivity contribution in [3.05, 3.63) is 60.1 Å². The van der Waals surface area contributed by atoms with E-state index in [-0.39, 0.29) is 44.9 Å². The van der Waals surface area contributed by atoms with Crippen molar-refractivity contribution in [1.82, 2.24) is 30.2 Å². The molecule has 3 N–H and O–H groups in total. The molecule has 2 unspecified atom stereocenters. The van der Waals surface area contributed by atoms with Gasteiger partial charge in [0.25, 0.3) is 5.91 Å². The number of nitrogens with one attached hydrogen (secondary N) is 3. The number of alkyl halides is 3. The number of aromatic nitrogens is 2. The number of allylic oxidation sites excluding steroid dienone is 1. The lowest BCUT2D eigenvalue weighted by Crippen LogP contribution is -2.62. The van der Waals surface area contributed by atoms with Crippen molar-refractivity contribution in [3.63, 3.8) is 0 Å². The molecule has 3 aliphatic heterocycles. The normalized spacial score (nSPS) is 29.6. The predicted molar refractivity (Wildman–Crippen MR) is 250 cm³/mol. The molecule has 3 aromatic rings. The number of amides is 4. The van der Waals surface area contributed by atoms with Crippen LogP contribution in [0.3, 0.4) is 0 Å². The Morgan fingerprint density at radius 3 is 2.47 bits per heavy atom. The molecule has 0 bridgehead atoms. The lowest BCUT2D eigenvalue weighted by Gasteiger charge is -2.38. The van der Waals surface area contributed by atoms with Crippen LogP contribution in [-0.2, 0) is 38.6 Å². The number of rotatable bonds is 12. The number of halogens is 3. The van der Waals surface area contributed by atoms with Crippen LogP contribution in [0, 0.1) is 5.92 Å². The second-order valence-electron chi connectivity index (χ2n) is 19.3. The molecule has 22 heteroatoms. The van der Waals surface area contributed by atoms with Crippen LogP contribution in [0.1, 0.15) is 92.4 Å². The molecule has 2 saturated carbocycles. The summed E-state index contributed by atoms with van der Waals surface area (Å²) < 4.78 is 101. The van der Waals surface area contributed by atoms with E-state index in [1.807, 2.05) is 38.1 Å². The molecule has 2 aromatic heterocycles. The molecule has 1 aromatic carbocycles. The van der Waals surface area contributed by atoms with Crippen molar-refractivity contribution < 1.29 is 64.5 Å². The first-order chi connectivity index (χ1) is 33.1. The van der Waals surface area contributed by atoms with Gasteiger partial charge in [-0.25, -0.2) is 23.2 Å². The van der Waals surface area contributed by atoms with E-state index in [0.717, 1.165) is 10.5 Å². The second kappa shape index (κ2) is 20.1. The zero-order chi connectivity index (χ0) is 50.2. The number of carbonyl (C=O) groups is 4. The van der Waals surface area contributed by atoms with Crippen LogP contribution < -0.4 is 24.8 Å². The van der Waals surface area contributed by atoms with E-state index in [1.165, 1.54) is 18.3 Å². The van der Waals surface area contributed by atoms with Crippen LogP contribution in [0.5, 0.6) is 11.5 Å². The lowest BCUT2D eigenvalue weighted by molar-refractivity contribution is -0.285. The number of nitrogens with zero attached hydrogens (tertiary/aromatic N) is 3. The van der Waals surface area contributed by atoms with Gasteiger partial charge in [-0.3, -0.25) is 19.1 Å². The highest BCUT2D eigenvalue weighted by molar-refractivity contribution is 7.91. The molecule has 4 amide bonds. The average molecular weight is 1020 g/mol. The molecule has 0 spiro atoms. The Morgan fingerprint density at radius 2 is 1.83 bits per heavy atom. The van der Waals surface area contributed by atoms with Crippen molar-refractivity contribution in [3.8, 4) is 33.5 Å². The van der Waals surface area contributed by atoms with Gasteiger partial charge >= 0.3 is 12.3 Å². The Morgan fingerprint density at radius 1 is 1.09 bits per heavy atom. The molecule has 4 fully saturated rings. The number of carbonyl (C=O) groups excluding carboxylic acids is 4. The molecule has 2 saturated heterocycles. The Labute approximate surface area is 408 Å². The maximum atomic E-state index is 15.2. The molecule has 5 aliphatic rings. The van der Waals surface area contributed by atoms with Crippen LogP contribution in [0.4, 0.5) is 18.0 Å². The predicted octanol–water partition coefficient (Wildman–Crippen LogP) is 6.62. The summed E-state index contributed by atoms with van der Waals surface area (Å²) in [5.74, 6) is -2.29. The third-order valence-corrected chi connectivity index (χ3v) is 16.5. The summed E-state index contributed by atoms with van der Waals surface area (Å²) in [4.78, 5) is 68.5. The molecule has 5 heterocycles. The smallest absolute Gasteiger partial charge is 0.430 e. The standard InChI is InChI=1S/C48H59F3N6O11S2/c1-6-38-39(54-44(61)68-46(48(49,50)51)16-9-20-64-27-46)42(59)57-26-34(67-33-22-35(53-36(23-33)41-52-19-21-69-41)30-12-14-32(15-13-30)65-28(2)3)24-37(57)40(58)55-47(25-31(47)11-8-7-10-29(4)66-38)43(60)56-70(62,63)45(5)17-18-45/h8,11-15,19,21-23,28-29,31,34,37-39H,6-7,9-10,16-18,20,24-27H2,1-5H3,(H,54,61)(H,55,58)(H,56,60)/b11-8-/t29-,31?,34-,37+,38+,39+,46?,47-/m1/s1. The Hall–Kier alpha value is -5.32. The van der Waals surface area contributed by atoms with Crippen LogP contribution >= 0.6 is 11.3 Å². The van der Waals surface area contributed by atoms with Gasteiger partial charge in [0.15, 0.2) is 0 Å². The fourth-order valence-corrected chi connectivity index (χ4v) is 11.0. The van der Waals surface area contributed by atoms with Gasteiger partial charge in [0, 0.05) is 54.6 Å². The maximum Gasteiger partial charge on any atom is 0.430 e. The zero-order valence-corrected chi connectivity index (χ0v) is 41.2. The summed E-state index contributed by atoms with van der Waals surface area (Å²) in [5, 5.41) is 7.60. The first-order valence-corrected chi connectivity index (χ1v) is 26.0. The van der Waals surface area contributed by atoms with Gasteiger partial charge in [0.1, 0.15) is 45.9 Å².